The van der Waals surface area contributed by atoms with E-state index in [9.17, 15) is 9.90 Å². The number of thiazole rings is 1. The van der Waals surface area contributed by atoms with Crippen LogP contribution in [0.15, 0.2) is 17.5 Å². The van der Waals surface area contributed by atoms with Crippen molar-refractivity contribution in [2.45, 2.75) is 26.2 Å². The van der Waals surface area contributed by atoms with Gasteiger partial charge in [0.1, 0.15) is 0 Å². The number of nitrogens with one attached hydrogen (secondary N) is 1. The predicted molar refractivity (Wildman–Crippen MR) is 86.9 cm³/mol. The fourth-order valence-electron chi connectivity index (χ4n) is 1.71. The van der Waals surface area contributed by atoms with E-state index in [0.29, 0.717) is 16.5 Å². The second kappa shape index (κ2) is 5.54. The molecule has 0 aliphatic heterocycles. The summed E-state index contributed by atoms with van der Waals surface area (Å²) in [6, 6.07) is 2.88. The Kier molecular flexibility index (Phi) is 4.11. The summed E-state index contributed by atoms with van der Waals surface area (Å²) >= 11 is 7.50. The Balaban J connectivity index is 2.40. The molecule has 1 aromatic carbocycles. The van der Waals surface area contributed by atoms with Crippen LogP contribution in [0, 0.1) is 0 Å². The zero-order valence-electron chi connectivity index (χ0n) is 11.9. The molecule has 0 aliphatic carbocycles. The molecular weight excluding hydrogens is 310 g/mol. The van der Waals surface area contributed by atoms with Gasteiger partial charge in [-0.05, 0) is 12.1 Å². The smallest absolute Gasteiger partial charge is 0.337 e. The van der Waals surface area contributed by atoms with Crippen LogP contribution in [-0.4, -0.2) is 16.1 Å². The van der Waals surface area contributed by atoms with E-state index in [1.54, 1.807) is 0 Å². The quantitative estimate of drug-likeness (QED) is 0.739. The second-order valence-electron chi connectivity index (χ2n) is 5.64. The molecule has 4 N–H and O–H groups in total. The fourth-order valence-corrected chi connectivity index (χ4v) is 2.92. The third-order valence-corrected chi connectivity index (χ3v) is 3.90. The first-order chi connectivity index (χ1) is 9.68. The molecule has 5 nitrogen and oxygen atoms in total. The van der Waals surface area contributed by atoms with E-state index >= 15 is 0 Å². The van der Waals surface area contributed by atoms with E-state index < -0.39 is 5.97 Å². The van der Waals surface area contributed by atoms with Gasteiger partial charge in [0.25, 0.3) is 0 Å². The number of carboxylic acids is 1. The van der Waals surface area contributed by atoms with Gasteiger partial charge in [-0.25, -0.2) is 9.78 Å². The lowest BCUT2D eigenvalue weighted by Gasteiger charge is -2.14. The summed E-state index contributed by atoms with van der Waals surface area (Å²) in [5, 5.41) is 15.0. The van der Waals surface area contributed by atoms with Crippen LogP contribution < -0.4 is 11.1 Å². The first-order valence-corrected chi connectivity index (χ1v) is 7.49. The van der Waals surface area contributed by atoms with Crippen molar-refractivity contribution in [2.75, 3.05) is 11.1 Å². The summed E-state index contributed by atoms with van der Waals surface area (Å²) in [5.41, 5.74) is 7.11. The first-order valence-electron chi connectivity index (χ1n) is 6.24. The fraction of sp³-hybridized carbons (Fsp3) is 0.286. The lowest BCUT2D eigenvalue weighted by Crippen LogP contribution is -2.11. The molecule has 7 heteroatoms. The molecule has 0 atom stereocenters. The van der Waals surface area contributed by atoms with Gasteiger partial charge in [0, 0.05) is 16.5 Å². The van der Waals surface area contributed by atoms with Crippen molar-refractivity contribution in [3.63, 3.8) is 0 Å². The number of hydrogen-bond donors (Lipinski definition) is 3. The number of benzene rings is 1. The molecule has 0 radical (unpaired) electrons. The van der Waals surface area contributed by atoms with Gasteiger partial charge in [0.15, 0.2) is 5.13 Å². The van der Waals surface area contributed by atoms with Gasteiger partial charge in [0.05, 0.1) is 22.0 Å². The number of nitrogens with zero attached hydrogens (tertiary/aromatic N) is 1. The van der Waals surface area contributed by atoms with Crippen LogP contribution in [0.3, 0.4) is 0 Å². The minimum atomic E-state index is -1.10. The van der Waals surface area contributed by atoms with Gasteiger partial charge in [-0.2, -0.15) is 0 Å². The summed E-state index contributed by atoms with van der Waals surface area (Å²) < 4.78 is 0. The van der Waals surface area contributed by atoms with Crippen LogP contribution in [0.1, 0.15) is 36.8 Å². The molecule has 0 amide bonds. The van der Waals surface area contributed by atoms with Crippen molar-refractivity contribution in [1.82, 2.24) is 4.98 Å². The maximum Gasteiger partial charge on any atom is 0.337 e. The highest BCUT2D eigenvalue weighted by Crippen LogP contribution is 2.34. The maximum absolute atomic E-state index is 11.3. The Morgan fingerprint density at radius 1 is 1.43 bits per heavy atom. The number of nitrogen functional groups attached to an aromatic ring is 1. The Labute approximate surface area is 131 Å². The predicted octanol–water partition coefficient (Wildman–Crippen LogP) is 4.12. The van der Waals surface area contributed by atoms with E-state index in [2.05, 4.69) is 31.1 Å². The Morgan fingerprint density at radius 3 is 2.62 bits per heavy atom. The third kappa shape index (κ3) is 3.46. The van der Waals surface area contributed by atoms with E-state index in [1.807, 2.05) is 5.38 Å². The normalized spacial score (nSPS) is 11.4. The lowest BCUT2D eigenvalue weighted by atomic mass is 9.93. The number of rotatable bonds is 3. The Hall–Kier alpha value is -1.79. The second-order valence-corrected chi connectivity index (χ2v) is 6.91. The van der Waals surface area contributed by atoms with Crippen LogP contribution in [0.2, 0.25) is 5.02 Å². The van der Waals surface area contributed by atoms with E-state index in [-0.39, 0.29) is 16.0 Å². The number of aromatic carboxylic acids is 1. The van der Waals surface area contributed by atoms with Gasteiger partial charge in [-0.3, -0.25) is 0 Å². The maximum atomic E-state index is 11.3. The van der Waals surface area contributed by atoms with Crippen molar-refractivity contribution >= 4 is 45.4 Å². The molecule has 0 spiro atoms. The average Bonchev–Trinajstić information content (AvgIpc) is 2.80. The zero-order chi connectivity index (χ0) is 15.8. The number of hydrogen-bond acceptors (Lipinski definition) is 5. The van der Waals surface area contributed by atoms with Crippen molar-refractivity contribution in [3.05, 3.63) is 33.8 Å². The third-order valence-electron chi connectivity index (χ3n) is 2.85. The molecular formula is C14H16ClN3O2S. The highest BCUT2D eigenvalue weighted by atomic mass is 35.5. The number of nitrogens with two attached hydrogens (primary N) is 1. The van der Waals surface area contributed by atoms with Crippen LogP contribution >= 0.6 is 22.9 Å². The highest BCUT2D eigenvalue weighted by Gasteiger charge is 2.20. The SMILES string of the molecule is CC(C)(C)c1csc(Nc2c(Cl)cc(N)cc2C(=O)O)n1. The van der Waals surface area contributed by atoms with Crippen molar-refractivity contribution in [1.29, 1.82) is 0 Å². The van der Waals surface area contributed by atoms with Crippen LogP contribution in [-0.2, 0) is 5.41 Å². The molecule has 2 aromatic rings. The molecule has 112 valence electrons. The van der Waals surface area contributed by atoms with Crippen molar-refractivity contribution < 1.29 is 9.90 Å². The largest absolute Gasteiger partial charge is 0.478 e. The number of carbonyl (C=O) groups is 1. The molecule has 21 heavy (non-hydrogen) atoms. The number of halogens is 1. The van der Waals surface area contributed by atoms with Gasteiger partial charge < -0.3 is 16.2 Å². The van der Waals surface area contributed by atoms with E-state index in [4.69, 9.17) is 17.3 Å². The molecule has 0 fully saturated rings. The van der Waals surface area contributed by atoms with Gasteiger partial charge >= 0.3 is 5.97 Å². The minimum Gasteiger partial charge on any atom is -0.478 e. The standard InChI is InChI=1S/C14H16ClN3O2S/c1-14(2,3)10-6-21-13(17-10)18-11-8(12(19)20)4-7(16)5-9(11)15/h4-6H,16H2,1-3H3,(H,17,18)(H,19,20). The lowest BCUT2D eigenvalue weighted by molar-refractivity contribution is 0.0698. The van der Waals surface area contributed by atoms with E-state index in [1.165, 1.54) is 23.5 Å². The van der Waals surface area contributed by atoms with E-state index in [0.717, 1.165) is 5.69 Å². The summed E-state index contributed by atoms with van der Waals surface area (Å²) in [4.78, 5) is 15.8. The van der Waals surface area contributed by atoms with Crippen molar-refractivity contribution in [2.24, 2.45) is 0 Å². The van der Waals surface area contributed by atoms with Crippen LogP contribution in [0.25, 0.3) is 0 Å². The first kappa shape index (κ1) is 15.6. The monoisotopic (exact) mass is 325 g/mol. The number of aromatic nitrogens is 1. The Morgan fingerprint density at radius 2 is 2.10 bits per heavy atom. The molecule has 0 unspecified atom stereocenters. The molecule has 0 aliphatic rings. The molecule has 0 saturated carbocycles. The molecule has 1 aromatic heterocycles. The molecule has 1 heterocycles. The Bertz CT molecular complexity index is 692. The summed E-state index contributed by atoms with van der Waals surface area (Å²) in [6.45, 7) is 6.18. The van der Waals surface area contributed by atoms with Gasteiger partial charge in [0.2, 0.25) is 0 Å². The summed E-state index contributed by atoms with van der Waals surface area (Å²) in [7, 11) is 0. The molecule has 0 bridgehead atoms. The zero-order valence-corrected chi connectivity index (χ0v) is 13.5. The highest BCUT2D eigenvalue weighted by molar-refractivity contribution is 7.13. The summed E-state index contributed by atoms with van der Waals surface area (Å²) in [5.74, 6) is -1.10. The van der Waals surface area contributed by atoms with Crippen LogP contribution in [0.4, 0.5) is 16.5 Å². The van der Waals surface area contributed by atoms with Gasteiger partial charge in [-0.15, -0.1) is 11.3 Å². The molecule has 0 saturated heterocycles. The minimum absolute atomic E-state index is 0.0208. The average molecular weight is 326 g/mol. The van der Waals surface area contributed by atoms with Crippen molar-refractivity contribution in [3.8, 4) is 0 Å². The van der Waals surface area contributed by atoms with Crippen LogP contribution in [0.5, 0.6) is 0 Å². The van der Waals surface area contributed by atoms with Gasteiger partial charge in [-0.1, -0.05) is 32.4 Å². The summed E-state index contributed by atoms with van der Waals surface area (Å²) in [6.07, 6.45) is 0. The number of anilines is 3. The topological polar surface area (TPSA) is 88.2 Å². The number of carboxylic acid groups (broad SMARTS) is 1. The molecule has 2 rings (SSSR count).